The van der Waals surface area contributed by atoms with E-state index in [0.29, 0.717) is 18.6 Å². The number of carbonyl (C=O) groups is 2. The first-order valence-electron chi connectivity index (χ1n) is 6.18. The Morgan fingerprint density at radius 3 is 2.90 bits per heavy atom. The highest BCUT2D eigenvalue weighted by Crippen LogP contribution is 2.28. The molecule has 3 rings (SSSR count). The van der Waals surface area contributed by atoms with Crippen LogP contribution < -0.4 is 5.32 Å². The van der Waals surface area contributed by atoms with Crippen molar-refractivity contribution in [1.29, 1.82) is 0 Å². The third-order valence-electron chi connectivity index (χ3n) is 3.59. The molecule has 7 heteroatoms. The molecule has 2 aliphatic heterocycles. The smallest absolute Gasteiger partial charge is 0.325 e. The van der Waals surface area contributed by atoms with Crippen molar-refractivity contribution in [3.63, 3.8) is 0 Å². The fourth-order valence-electron chi connectivity index (χ4n) is 2.47. The first-order chi connectivity index (χ1) is 9.52. The van der Waals surface area contributed by atoms with Crippen molar-refractivity contribution in [2.75, 3.05) is 13.2 Å². The average molecular weight is 299 g/mol. The Balaban J connectivity index is 1.82. The predicted molar refractivity (Wildman–Crippen MR) is 68.7 cm³/mol. The molecule has 0 unspecified atom stereocenters. The summed E-state index contributed by atoms with van der Waals surface area (Å²) in [4.78, 5) is 25.4. The zero-order valence-electron chi connectivity index (χ0n) is 10.5. The van der Waals surface area contributed by atoms with E-state index < -0.39 is 17.4 Å². The molecule has 0 bridgehead atoms. The van der Waals surface area contributed by atoms with E-state index in [1.165, 1.54) is 18.2 Å². The minimum atomic E-state index is -0.930. The molecule has 20 heavy (non-hydrogen) atoms. The van der Waals surface area contributed by atoms with Crippen LogP contribution in [0.1, 0.15) is 12.0 Å². The highest BCUT2D eigenvalue weighted by atomic mass is 35.5. The van der Waals surface area contributed by atoms with Crippen LogP contribution in [-0.4, -0.2) is 35.6 Å². The van der Waals surface area contributed by atoms with Crippen LogP contribution >= 0.6 is 11.6 Å². The Hall–Kier alpha value is -1.66. The lowest BCUT2D eigenvalue weighted by molar-refractivity contribution is -0.131. The van der Waals surface area contributed by atoms with E-state index in [4.69, 9.17) is 16.3 Å². The minimum absolute atomic E-state index is 0.0338. The number of benzene rings is 1. The molecule has 1 aromatic carbocycles. The van der Waals surface area contributed by atoms with Gasteiger partial charge in [0, 0.05) is 13.0 Å². The molecule has 0 radical (unpaired) electrons. The maximum absolute atomic E-state index is 13.1. The van der Waals surface area contributed by atoms with Gasteiger partial charge in [0.15, 0.2) is 0 Å². The number of hydrogen-bond donors (Lipinski definition) is 1. The van der Waals surface area contributed by atoms with Crippen LogP contribution in [0.2, 0.25) is 5.02 Å². The molecule has 2 heterocycles. The Labute approximate surface area is 119 Å². The van der Waals surface area contributed by atoms with E-state index in [9.17, 15) is 14.0 Å². The molecule has 0 aliphatic carbocycles. The highest BCUT2D eigenvalue weighted by Gasteiger charge is 2.53. The fourth-order valence-corrected chi connectivity index (χ4v) is 2.68. The van der Waals surface area contributed by atoms with Gasteiger partial charge in [0.05, 0.1) is 18.2 Å². The number of amides is 3. The third kappa shape index (κ3) is 2.05. The van der Waals surface area contributed by atoms with Crippen molar-refractivity contribution in [2.24, 2.45) is 0 Å². The highest BCUT2D eigenvalue weighted by molar-refractivity contribution is 6.30. The molecule has 2 aliphatic rings. The topological polar surface area (TPSA) is 58.6 Å². The lowest BCUT2D eigenvalue weighted by Crippen LogP contribution is -2.47. The van der Waals surface area contributed by atoms with Gasteiger partial charge < -0.3 is 10.1 Å². The Bertz CT molecular complexity index is 587. The summed E-state index contributed by atoms with van der Waals surface area (Å²) < 4.78 is 18.3. The number of rotatable bonds is 2. The minimum Gasteiger partial charge on any atom is -0.378 e. The summed E-state index contributed by atoms with van der Waals surface area (Å²) in [6.45, 7) is 0.701. The summed E-state index contributed by atoms with van der Waals surface area (Å²) in [5.74, 6) is -0.839. The molecule has 1 spiro atoms. The van der Waals surface area contributed by atoms with Crippen LogP contribution in [0, 0.1) is 5.82 Å². The van der Waals surface area contributed by atoms with Crippen molar-refractivity contribution in [1.82, 2.24) is 10.2 Å². The first kappa shape index (κ1) is 13.3. The molecule has 0 saturated carbocycles. The van der Waals surface area contributed by atoms with Crippen LogP contribution in [0.3, 0.4) is 0 Å². The van der Waals surface area contributed by atoms with Gasteiger partial charge in [-0.1, -0.05) is 17.7 Å². The number of hydrogen-bond acceptors (Lipinski definition) is 3. The Morgan fingerprint density at radius 2 is 2.25 bits per heavy atom. The van der Waals surface area contributed by atoms with Crippen molar-refractivity contribution >= 4 is 23.5 Å². The molecule has 1 aromatic rings. The van der Waals surface area contributed by atoms with Crippen LogP contribution in [0.25, 0.3) is 0 Å². The summed E-state index contributed by atoms with van der Waals surface area (Å²) >= 11 is 5.69. The van der Waals surface area contributed by atoms with E-state index in [1.54, 1.807) is 0 Å². The molecule has 3 amide bonds. The van der Waals surface area contributed by atoms with Gasteiger partial charge in [0.1, 0.15) is 11.4 Å². The number of ether oxygens (including phenoxy) is 1. The van der Waals surface area contributed by atoms with Gasteiger partial charge in [-0.05, 0) is 17.7 Å². The third-order valence-corrected chi connectivity index (χ3v) is 3.88. The zero-order chi connectivity index (χ0) is 14.3. The van der Waals surface area contributed by atoms with E-state index in [1.807, 2.05) is 0 Å². The number of urea groups is 1. The van der Waals surface area contributed by atoms with Gasteiger partial charge in [-0.2, -0.15) is 0 Å². The molecule has 2 fully saturated rings. The van der Waals surface area contributed by atoms with Crippen LogP contribution in [0.15, 0.2) is 18.2 Å². The Kier molecular flexibility index (Phi) is 3.14. The maximum Gasteiger partial charge on any atom is 0.325 e. The molecular formula is C13H12ClFN2O3. The normalized spacial score (nSPS) is 25.6. The van der Waals surface area contributed by atoms with Crippen LogP contribution in [-0.2, 0) is 16.1 Å². The number of halogens is 2. The SMILES string of the molecule is O=C1N[C@@]2(CCOC2)C(=O)N1Cc1ccc(F)c(Cl)c1. The van der Waals surface area contributed by atoms with E-state index in [-0.39, 0.29) is 24.1 Å². The summed E-state index contributed by atoms with van der Waals surface area (Å²) in [6.07, 6.45) is 0.470. The second kappa shape index (κ2) is 4.71. The van der Waals surface area contributed by atoms with Crippen molar-refractivity contribution in [2.45, 2.75) is 18.5 Å². The predicted octanol–water partition coefficient (Wildman–Crippen LogP) is 1.69. The average Bonchev–Trinajstić information content (AvgIpc) is 2.96. The molecule has 106 valence electrons. The fraction of sp³-hybridized carbons (Fsp3) is 0.385. The van der Waals surface area contributed by atoms with E-state index in [0.717, 1.165) is 4.90 Å². The van der Waals surface area contributed by atoms with Crippen LogP contribution in [0.4, 0.5) is 9.18 Å². The van der Waals surface area contributed by atoms with Gasteiger partial charge >= 0.3 is 6.03 Å². The lowest BCUT2D eigenvalue weighted by Gasteiger charge is -2.18. The molecule has 1 atom stereocenters. The van der Waals surface area contributed by atoms with Crippen molar-refractivity contribution < 1.29 is 18.7 Å². The van der Waals surface area contributed by atoms with Crippen LogP contribution in [0.5, 0.6) is 0 Å². The first-order valence-corrected chi connectivity index (χ1v) is 6.55. The largest absolute Gasteiger partial charge is 0.378 e. The second-order valence-corrected chi connectivity index (χ2v) is 5.36. The summed E-state index contributed by atoms with van der Waals surface area (Å²) in [6, 6.07) is 3.66. The quantitative estimate of drug-likeness (QED) is 0.845. The van der Waals surface area contributed by atoms with Gasteiger partial charge in [-0.3, -0.25) is 9.69 Å². The molecule has 2 saturated heterocycles. The van der Waals surface area contributed by atoms with Crippen molar-refractivity contribution in [3.8, 4) is 0 Å². The number of nitrogens with one attached hydrogen (secondary N) is 1. The van der Waals surface area contributed by atoms with Gasteiger partial charge in [0.25, 0.3) is 5.91 Å². The molecule has 5 nitrogen and oxygen atoms in total. The van der Waals surface area contributed by atoms with Gasteiger partial charge in [-0.15, -0.1) is 0 Å². The van der Waals surface area contributed by atoms with Crippen molar-refractivity contribution in [3.05, 3.63) is 34.6 Å². The monoisotopic (exact) mass is 298 g/mol. The Morgan fingerprint density at radius 1 is 1.45 bits per heavy atom. The summed E-state index contributed by atoms with van der Waals surface area (Å²) in [7, 11) is 0. The molecular weight excluding hydrogens is 287 g/mol. The second-order valence-electron chi connectivity index (χ2n) is 4.95. The summed E-state index contributed by atoms with van der Waals surface area (Å²) in [5, 5.41) is 2.65. The van der Waals surface area contributed by atoms with E-state index >= 15 is 0 Å². The van der Waals surface area contributed by atoms with E-state index in [2.05, 4.69) is 5.32 Å². The zero-order valence-corrected chi connectivity index (χ0v) is 11.2. The lowest BCUT2D eigenvalue weighted by atomic mass is 9.99. The van der Waals surface area contributed by atoms with Gasteiger partial charge in [0.2, 0.25) is 0 Å². The number of nitrogens with zero attached hydrogens (tertiary/aromatic N) is 1. The number of imide groups is 1. The molecule has 0 aromatic heterocycles. The number of carbonyl (C=O) groups excluding carboxylic acids is 2. The summed E-state index contributed by atoms with van der Waals surface area (Å²) in [5.41, 5.74) is -0.336. The maximum atomic E-state index is 13.1. The van der Waals surface area contributed by atoms with Gasteiger partial charge in [-0.25, -0.2) is 9.18 Å². The molecule has 1 N–H and O–H groups in total. The standard InChI is InChI=1S/C13H12ClFN2O3/c14-9-5-8(1-2-10(9)15)6-17-11(18)13(16-12(17)19)3-4-20-7-13/h1-2,5H,3-4,6-7H2,(H,16,19)/t13-/m1/s1.